The van der Waals surface area contributed by atoms with Crippen LogP contribution >= 0.6 is 0 Å². The topological polar surface area (TPSA) is 56.8 Å². The van der Waals surface area contributed by atoms with E-state index in [1.54, 1.807) is 10.4 Å². The largest absolute Gasteiger partial charge is 0.359 e. The van der Waals surface area contributed by atoms with Gasteiger partial charge in [0.15, 0.2) is 0 Å². The van der Waals surface area contributed by atoms with Crippen LogP contribution in [0.3, 0.4) is 0 Å². The molecule has 2 fully saturated rings. The summed E-state index contributed by atoms with van der Waals surface area (Å²) in [5.74, 6) is 1.52. The smallest absolute Gasteiger partial charge is 0.244 e. The lowest BCUT2D eigenvalue weighted by Crippen LogP contribution is -2.36. The molecule has 0 aliphatic carbocycles. The summed E-state index contributed by atoms with van der Waals surface area (Å²) in [5.41, 5.74) is 0. The molecule has 0 atom stereocenters. The first kappa shape index (κ1) is 17.6. The highest BCUT2D eigenvalue weighted by Crippen LogP contribution is 2.23. The Morgan fingerprint density at radius 3 is 2.42 bits per heavy atom. The zero-order valence-electron chi connectivity index (χ0n) is 14.7. The minimum Gasteiger partial charge on any atom is -0.359 e. The molecule has 0 saturated carbocycles. The number of hydrogen-bond donors (Lipinski definition) is 0. The van der Waals surface area contributed by atoms with Crippen molar-refractivity contribution in [3.63, 3.8) is 0 Å². The first-order valence-corrected chi connectivity index (χ1v) is 10.3. The van der Waals surface area contributed by atoms with Crippen LogP contribution in [0.5, 0.6) is 0 Å². The highest BCUT2D eigenvalue weighted by Gasteiger charge is 2.27. The average molecular weight is 353 g/mol. The van der Waals surface area contributed by atoms with Gasteiger partial charge in [0, 0.05) is 32.9 Å². The molecule has 134 valence electrons. The van der Waals surface area contributed by atoms with E-state index in [0.29, 0.717) is 23.9 Å². The predicted octanol–water partition coefficient (Wildman–Crippen LogP) is 1.64. The molecule has 24 heavy (non-hydrogen) atoms. The molecule has 2 aliphatic rings. The van der Waals surface area contributed by atoms with E-state index in [4.69, 9.17) is 0 Å². The summed E-state index contributed by atoms with van der Waals surface area (Å²) in [5, 5.41) is 0. The summed E-state index contributed by atoms with van der Waals surface area (Å²) in [6, 6.07) is 3.53. The maximum atomic E-state index is 12.5. The molecule has 3 heterocycles. The lowest BCUT2D eigenvalue weighted by molar-refractivity contribution is 0.222. The number of piperidine rings is 1. The zero-order chi connectivity index (χ0) is 17.2. The third kappa shape index (κ3) is 3.90. The van der Waals surface area contributed by atoms with Crippen molar-refractivity contribution in [2.75, 3.05) is 51.7 Å². The van der Waals surface area contributed by atoms with Gasteiger partial charge in [0.25, 0.3) is 0 Å². The van der Waals surface area contributed by atoms with Crippen molar-refractivity contribution in [3.05, 3.63) is 18.3 Å². The Kier molecular flexibility index (Phi) is 5.42. The van der Waals surface area contributed by atoms with Crippen LogP contribution in [0.2, 0.25) is 0 Å². The quantitative estimate of drug-likeness (QED) is 0.806. The summed E-state index contributed by atoms with van der Waals surface area (Å²) < 4.78 is 26.6. The SMILES string of the molecule is CN1CCC(CN(C)c2ccc(S(=O)(=O)N3CCCC3)cn2)CC1. The summed E-state index contributed by atoms with van der Waals surface area (Å²) in [4.78, 5) is 9.22. The van der Waals surface area contributed by atoms with Crippen LogP contribution < -0.4 is 4.90 Å². The normalized spacial score (nSPS) is 21.2. The van der Waals surface area contributed by atoms with Gasteiger partial charge in [-0.15, -0.1) is 0 Å². The zero-order valence-corrected chi connectivity index (χ0v) is 15.5. The molecule has 0 radical (unpaired) electrons. The maximum absolute atomic E-state index is 12.5. The molecular weight excluding hydrogens is 324 g/mol. The molecular formula is C17H28N4O2S. The minimum atomic E-state index is -3.37. The number of hydrogen-bond acceptors (Lipinski definition) is 5. The van der Waals surface area contributed by atoms with Crippen LogP contribution in [0.25, 0.3) is 0 Å². The molecule has 2 aliphatic heterocycles. The van der Waals surface area contributed by atoms with Gasteiger partial charge < -0.3 is 9.80 Å². The lowest BCUT2D eigenvalue weighted by atomic mass is 9.97. The number of rotatable bonds is 5. The van der Waals surface area contributed by atoms with E-state index < -0.39 is 10.0 Å². The average Bonchev–Trinajstić information content (AvgIpc) is 3.12. The van der Waals surface area contributed by atoms with Gasteiger partial charge in [-0.3, -0.25) is 0 Å². The van der Waals surface area contributed by atoms with Gasteiger partial charge in [-0.1, -0.05) is 0 Å². The van der Waals surface area contributed by atoms with Crippen LogP contribution in [0, 0.1) is 5.92 Å². The van der Waals surface area contributed by atoms with E-state index in [1.165, 1.54) is 19.0 Å². The van der Waals surface area contributed by atoms with Gasteiger partial charge in [0.05, 0.1) is 0 Å². The fraction of sp³-hybridized carbons (Fsp3) is 0.706. The van der Waals surface area contributed by atoms with Crippen molar-refractivity contribution in [2.24, 2.45) is 5.92 Å². The van der Waals surface area contributed by atoms with E-state index in [1.807, 2.05) is 13.1 Å². The maximum Gasteiger partial charge on any atom is 0.244 e. The summed E-state index contributed by atoms with van der Waals surface area (Å²) in [7, 11) is 0.837. The Morgan fingerprint density at radius 2 is 1.83 bits per heavy atom. The van der Waals surface area contributed by atoms with Crippen molar-refractivity contribution in [2.45, 2.75) is 30.6 Å². The predicted molar refractivity (Wildman–Crippen MR) is 95.7 cm³/mol. The molecule has 0 amide bonds. The monoisotopic (exact) mass is 352 g/mol. The Hall–Kier alpha value is -1.18. The van der Waals surface area contributed by atoms with Crippen LogP contribution in [0.1, 0.15) is 25.7 Å². The van der Waals surface area contributed by atoms with Gasteiger partial charge in [0.2, 0.25) is 10.0 Å². The van der Waals surface area contributed by atoms with Gasteiger partial charge in [-0.2, -0.15) is 4.31 Å². The molecule has 1 aromatic heterocycles. The van der Waals surface area contributed by atoms with Crippen molar-refractivity contribution >= 4 is 15.8 Å². The highest BCUT2D eigenvalue weighted by atomic mass is 32.2. The summed E-state index contributed by atoms with van der Waals surface area (Å²) >= 11 is 0. The Bertz CT molecular complexity index is 633. The van der Waals surface area contributed by atoms with Crippen LogP contribution in [-0.2, 0) is 10.0 Å². The van der Waals surface area contributed by atoms with Gasteiger partial charge in [-0.05, 0) is 63.9 Å². The molecule has 0 spiro atoms. The van der Waals surface area contributed by atoms with Crippen molar-refractivity contribution < 1.29 is 8.42 Å². The molecule has 0 bridgehead atoms. The first-order chi connectivity index (χ1) is 11.5. The Labute approximate surface area is 145 Å². The second-order valence-corrected chi connectivity index (χ2v) is 9.03. The molecule has 2 saturated heterocycles. The van der Waals surface area contributed by atoms with E-state index in [-0.39, 0.29) is 0 Å². The number of likely N-dealkylation sites (tertiary alicyclic amines) is 1. The number of sulfonamides is 1. The molecule has 7 heteroatoms. The van der Waals surface area contributed by atoms with E-state index >= 15 is 0 Å². The molecule has 3 rings (SSSR count). The van der Waals surface area contributed by atoms with Crippen molar-refractivity contribution in [3.8, 4) is 0 Å². The third-order valence-corrected chi connectivity index (χ3v) is 7.07. The molecule has 0 aromatic carbocycles. The summed E-state index contributed by atoms with van der Waals surface area (Å²) in [6.07, 6.45) is 5.83. The number of aromatic nitrogens is 1. The lowest BCUT2D eigenvalue weighted by Gasteiger charge is -2.32. The minimum absolute atomic E-state index is 0.306. The van der Waals surface area contributed by atoms with Crippen LogP contribution in [0.15, 0.2) is 23.2 Å². The first-order valence-electron chi connectivity index (χ1n) is 8.83. The van der Waals surface area contributed by atoms with Gasteiger partial charge in [0.1, 0.15) is 10.7 Å². The molecule has 0 N–H and O–H groups in total. The van der Waals surface area contributed by atoms with Crippen molar-refractivity contribution in [1.82, 2.24) is 14.2 Å². The Morgan fingerprint density at radius 1 is 1.17 bits per heavy atom. The number of anilines is 1. The molecule has 0 unspecified atom stereocenters. The number of pyridine rings is 1. The summed E-state index contributed by atoms with van der Waals surface area (Å²) in [6.45, 7) is 4.52. The Balaban J connectivity index is 1.63. The van der Waals surface area contributed by atoms with Gasteiger partial charge >= 0.3 is 0 Å². The van der Waals surface area contributed by atoms with E-state index in [9.17, 15) is 8.42 Å². The fourth-order valence-corrected chi connectivity index (χ4v) is 5.02. The van der Waals surface area contributed by atoms with E-state index in [0.717, 1.165) is 38.3 Å². The second-order valence-electron chi connectivity index (χ2n) is 7.09. The number of nitrogens with zero attached hydrogens (tertiary/aromatic N) is 4. The van der Waals surface area contributed by atoms with E-state index in [2.05, 4.69) is 21.8 Å². The fourth-order valence-electron chi connectivity index (χ4n) is 3.55. The second kappa shape index (κ2) is 7.37. The van der Waals surface area contributed by atoms with Gasteiger partial charge in [-0.25, -0.2) is 13.4 Å². The van der Waals surface area contributed by atoms with Crippen molar-refractivity contribution in [1.29, 1.82) is 0 Å². The van der Waals surface area contributed by atoms with Crippen LogP contribution in [0.4, 0.5) is 5.82 Å². The highest BCUT2D eigenvalue weighted by molar-refractivity contribution is 7.89. The van der Waals surface area contributed by atoms with Crippen LogP contribution in [-0.4, -0.2) is 69.4 Å². The molecule has 1 aromatic rings. The standard InChI is InChI=1S/C17H28N4O2S/c1-19-11-7-15(8-12-19)14-20(2)17-6-5-16(13-18-17)24(22,23)21-9-3-4-10-21/h5-6,13,15H,3-4,7-12,14H2,1-2H3. The third-order valence-electron chi connectivity index (χ3n) is 5.18. The molecule has 6 nitrogen and oxygen atoms in total.